The first-order valence-electron chi connectivity index (χ1n) is 15.8. The maximum absolute atomic E-state index is 14.5. The Hall–Kier alpha value is -4.75. The second-order valence-corrected chi connectivity index (χ2v) is 12.7. The van der Waals surface area contributed by atoms with Gasteiger partial charge in [0.2, 0.25) is 17.7 Å². The average molecular weight is 619 g/mol. The summed E-state index contributed by atoms with van der Waals surface area (Å²) in [7, 11) is 4.90. The Balaban J connectivity index is 1.72. The molecule has 3 N–H and O–H groups in total. The van der Waals surface area contributed by atoms with Crippen molar-refractivity contribution in [3.63, 3.8) is 0 Å². The molecule has 4 rings (SSSR count). The summed E-state index contributed by atoms with van der Waals surface area (Å²) in [5, 5.41) is 4.87. The molecule has 0 saturated heterocycles. The van der Waals surface area contributed by atoms with Gasteiger partial charge in [-0.15, -0.1) is 0 Å². The van der Waals surface area contributed by atoms with E-state index in [0.717, 1.165) is 27.5 Å². The van der Waals surface area contributed by atoms with Crippen LogP contribution in [-0.4, -0.2) is 66.3 Å². The zero-order valence-electron chi connectivity index (χ0n) is 27.6. The summed E-state index contributed by atoms with van der Waals surface area (Å²) in [6.45, 7) is 3.84. The molecule has 0 saturated carbocycles. The van der Waals surface area contributed by atoms with Crippen LogP contribution in [0.15, 0.2) is 115 Å². The molecule has 0 aromatic heterocycles. The molecule has 240 valence electrons. The van der Waals surface area contributed by atoms with Crippen LogP contribution in [0.1, 0.15) is 37.0 Å². The van der Waals surface area contributed by atoms with Gasteiger partial charge in [0.1, 0.15) is 12.1 Å². The van der Waals surface area contributed by atoms with Crippen molar-refractivity contribution in [1.29, 1.82) is 0 Å². The summed E-state index contributed by atoms with van der Waals surface area (Å²) in [6.07, 6.45) is 3.42. The number of likely N-dealkylation sites (N-methyl/N-ethyl adjacent to an activating group) is 3. The molecule has 46 heavy (non-hydrogen) atoms. The summed E-state index contributed by atoms with van der Waals surface area (Å²) < 4.78 is 0. The number of benzene rings is 4. The summed E-state index contributed by atoms with van der Waals surface area (Å²) in [6, 6.07) is 31.9. The monoisotopic (exact) mass is 618 g/mol. The molecule has 0 aliphatic rings. The first-order chi connectivity index (χ1) is 22.0. The van der Waals surface area contributed by atoms with Gasteiger partial charge in [-0.1, -0.05) is 109 Å². The highest BCUT2D eigenvalue weighted by Gasteiger charge is 2.35. The number of carbonyl (C=O) groups is 3. The van der Waals surface area contributed by atoms with E-state index >= 15 is 0 Å². The smallest absolute Gasteiger partial charge is 0.250 e. The minimum Gasteiger partial charge on any atom is -0.357 e. The number of nitrogens with zero attached hydrogens (tertiary/aromatic N) is 2. The van der Waals surface area contributed by atoms with Gasteiger partial charge < -0.3 is 20.9 Å². The Kier molecular flexibility index (Phi) is 11.5. The second kappa shape index (κ2) is 15.5. The molecule has 7 heteroatoms. The van der Waals surface area contributed by atoms with E-state index in [1.807, 2.05) is 117 Å². The Morgan fingerprint density at radius 3 is 1.91 bits per heavy atom. The number of fused-ring (bicyclic) bond motifs is 1. The lowest BCUT2D eigenvalue weighted by molar-refractivity contribution is -0.146. The van der Waals surface area contributed by atoms with Crippen molar-refractivity contribution in [3.8, 4) is 0 Å². The quantitative estimate of drug-likeness (QED) is 0.198. The van der Waals surface area contributed by atoms with Crippen molar-refractivity contribution >= 4 is 28.5 Å². The minimum absolute atomic E-state index is 0.250. The fourth-order valence-electron chi connectivity index (χ4n) is 5.58. The molecule has 0 bridgehead atoms. The predicted molar refractivity (Wildman–Crippen MR) is 186 cm³/mol. The molecule has 4 aromatic carbocycles. The van der Waals surface area contributed by atoms with Crippen LogP contribution in [0, 0.1) is 0 Å². The normalized spacial score (nSPS) is 13.1. The highest BCUT2D eigenvalue weighted by molar-refractivity contribution is 5.98. The number of carbonyl (C=O) groups excluding carboxylic acids is 3. The van der Waals surface area contributed by atoms with Gasteiger partial charge in [0.15, 0.2) is 0 Å². The highest BCUT2D eigenvalue weighted by Crippen LogP contribution is 2.22. The summed E-state index contributed by atoms with van der Waals surface area (Å²) in [5.74, 6) is -0.833. The maximum Gasteiger partial charge on any atom is 0.250 e. The summed E-state index contributed by atoms with van der Waals surface area (Å²) in [4.78, 5) is 45.1. The van der Waals surface area contributed by atoms with E-state index in [9.17, 15) is 14.4 Å². The van der Waals surface area contributed by atoms with Gasteiger partial charge in [-0.05, 0) is 47.7 Å². The standard InChI is InChI=1S/C39H46N4O3/c1-39(2,40)23-22-33(24-28-14-8-6-9-15-28)37(45)43(5)35(27-30-20-21-31-18-12-13-19-32(31)25-30)38(46)42(4)34(36(44)41-3)26-29-16-10-7-11-17-29/h6-22,25,34-35H,23-24,26-27,40H2,1-5H3,(H,41,44)/b33-22-/t34-,35+/m1/s1. The van der Waals surface area contributed by atoms with Crippen LogP contribution < -0.4 is 11.1 Å². The Morgan fingerprint density at radius 2 is 1.30 bits per heavy atom. The molecule has 0 radical (unpaired) electrons. The maximum atomic E-state index is 14.5. The third-order valence-electron chi connectivity index (χ3n) is 8.34. The SMILES string of the molecule is CNC(=O)[C@@H](Cc1ccccc1)N(C)C(=O)[C@H](Cc1ccc2ccccc2c1)N(C)C(=O)/C(=C\CC(C)(C)N)Cc1ccccc1. The van der Waals surface area contributed by atoms with E-state index in [4.69, 9.17) is 5.73 Å². The van der Waals surface area contributed by atoms with E-state index in [1.165, 1.54) is 9.80 Å². The van der Waals surface area contributed by atoms with Crippen molar-refractivity contribution in [3.05, 3.63) is 131 Å². The lowest BCUT2D eigenvalue weighted by atomic mass is 9.95. The van der Waals surface area contributed by atoms with Gasteiger partial charge >= 0.3 is 0 Å². The summed E-state index contributed by atoms with van der Waals surface area (Å²) in [5.41, 5.74) is 9.21. The molecule has 0 spiro atoms. The first-order valence-corrected chi connectivity index (χ1v) is 15.8. The molecule has 0 aliphatic heterocycles. The van der Waals surface area contributed by atoms with Crippen molar-refractivity contribution < 1.29 is 14.4 Å². The highest BCUT2D eigenvalue weighted by atomic mass is 16.2. The molecule has 3 amide bonds. The third kappa shape index (κ3) is 9.14. The van der Waals surface area contributed by atoms with Crippen molar-refractivity contribution in [2.45, 2.75) is 57.2 Å². The van der Waals surface area contributed by atoms with Crippen LogP contribution >= 0.6 is 0 Å². The average Bonchev–Trinajstić information content (AvgIpc) is 3.06. The van der Waals surface area contributed by atoms with Crippen LogP contribution in [0.4, 0.5) is 0 Å². The summed E-state index contributed by atoms with van der Waals surface area (Å²) >= 11 is 0. The number of nitrogens with two attached hydrogens (primary N) is 1. The molecule has 0 fully saturated rings. The number of hydrogen-bond acceptors (Lipinski definition) is 4. The van der Waals surface area contributed by atoms with Crippen LogP contribution in [0.3, 0.4) is 0 Å². The Bertz CT molecular complexity index is 1660. The van der Waals surface area contributed by atoms with E-state index in [2.05, 4.69) is 11.4 Å². The van der Waals surface area contributed by atoms with Crippen LogP contribution in [0.5, 0.6) is 0 Å². The minimum atomic E-state index is -0.869. The third-order valence-corrected chi connectivity index (χ3v) is 8.34. The molecule has 0 aliphatic carbocycles. The van der Waals surface area contributed by atoms with Crippen LogP contribution in [0.2, 0.25) is 0 Å². The molecular weight excluding hydrogens is 572 g/mol. The largest absolute Gasteiger partial charge is 0.357 e. The van der Waals surface area contributed by atoms with E-state index < -0.39 is 17.6 Å². The fraction of sp³-hybridized carbons (Fsp3) is 0.308. The number of rotatable bonds is 13. The molecule has 2 atom stereocenters. The molecule has 7 nitrogen and oxygen atoms in total. The molecule has 0 heterocycles. The number of amides is 3. The first kappa shape index (κ1) is 34.1. The fourth-order valence-corrected chi connectivity index (χ4v) is 5.58. The van der Waals surface area contributed by atoms with Gasteiger partial charge in [0.25, 0.3) is 0 Å². The van der Waals surface area contributed by atoms with Crippen LogP contribution in [0.25, 0.3) is 10.8 Å². The van der Waals surface area contributed by atoms with Gasteiger partial charge in [0.05, 0.1) is 0 Å². The van der Waals surface area contributed by atoms with Gasteiger partial charge in [0, 0.05) is 51.5 Å². The Morgan fingerprint density at radius 1 is 0.739 bits per heavy atom. The second-order valence-electron chi connectivity index (χ2n) is 12.7. The topological polar surface area (TPSA) is 95.7 Å². The van der Waals surface area contributed by atoms with E-state index in [-0.39, 0.29) is 24.1 Å². The van der Waals surface area contributed by atoms with Gasteiger partial charge in [-0.3, -0.25) is 14.4 Å². The lowest BCUT2D eigenvalue weighted by Crippen LogP contribution is -2.56. The Labute approximate surface area is 273 Å². The molecular formula is C39H46N4O3. The number of hydrogen-bond donors (Lipinski definition) is 2. The zero-order valence-corrected chi connectivity index (χ0v) is 27.6. The van der Waals surface area contributed by atoms with Crippen LogP contribution in [-0.2, 0) is 33.6 Å². The van der Waals surface area contributed by atoms with Crippen molar-refractivity contribution in [1.82, 2.24) is 15.1 Å². The zero-order chi connectivity index (χ0) is 33.3. The van der Waals surface area contributed by atoms with Gasteiger partial charge in [-0.25, -0.2) is 0 Å². The predicted octanol–water partition coefficient (Wildman–Crippen LogP) is 5.32. The van der Waals surface area contributed by atoms with Crippen molar-refractivity contribution in [2.24, 2.45) is 5.73 Å². The lowest BCUT2D eigenvalue weighted by Gasteiger charge is -2.35. The number of nitrogens with one attached hydrogen (secondary N) is 1. The van der Waals surface area contributed by atoms with E-state index in [0.29, 0.717) is 24.8 Å². The van der Waals surface area contributed by atoms with E-state index in [1.54, 1.807) is 21.1 Å². The van der Waals surface area contributed by atoms with Crippen molar-refractivity contribution in [2.75, 3.05) is 21.1 Å². The van der Waals surface area contributed by atoms with Gasteiger partial charge in [-0.2, -0.15) is 0 Å². The molecule has 0 unspecified atom stereocenters. The molecule has 4 aromatic rings.